The fourth-order valence-electron chi connectivity index (χ4n) is 2.42. The number of nitrogens with zero attached hydrogens (tertiary/aromatic N) is 3. The van der Waals surface area contributed by atoms with Crippen LogP contribution in [0, 0.1) is 11.6 Å². The zero-order valence-corrected chi connectivity index (χ0v) is 14.7. The lowest BCUT2D eigenvalue weighted by Crippen LogP contribution is -2.22. The minimum atomic E-state index is -1.09. The maximum Gasteiger partial charge on any atom is 0.315 e. The molecule has 27 heavy (non-hydrogen) atoms. The first-order valence-corrected chi connectivity index (χ1v) is 8.11. The lowest BCUT2D eigenvalue weighted by Gasteiger charge is -2.13. The van der Waals surface area contributed by atoms with Gasteiger partial charge in [0.25, 0.3) is 11.4 Å². The van der Waals surface area contributed by atoms with E-state index in [-0.39, 0.29) is 28.8 Å². The third-order valence-electron chi connectivity index (χ3n) is 3.78. The number of hydrogen-bond acceptors (Lipinski definition) is 7. The molecule has 2 aromatic heterocycles. The molecule has 0 fully saturated rings. The molecule has 0 bridgehead atoms. The number of halogens is 2. The van der Waals surface area contributed by atoms with Crippen molar-refractivity contribution in [2.45, 2.75) is 0 Å². The number of aryl methyl sites for hydroxylation is 1. The molecule has 4 N–H and O–H groups in total. The molecule has 3 rings (SSSR count). The number of aromatic nitrogens is 3. The van der Waals surface area contributed by atoms with Crippen LogP contribution in [0.1, 0.15) is 0 Å². The molecule has 0 aliphatic rings. The molecule has 0 aliphatic carbocycles. The van der Waals surface area contributed by atoms with Gasteiger partial charge in [0.05, 0.1) is 16.9 Å². The van der Waals surface area contributed by atoms with Gasteiger partial charge in [-0.05, 0) is 12.1 Å². The van der Waals surface area contributed by atoms with Crippen molar-refractivity contribution >= 4 is 30.7 Å². The Bertz CT molecular complexity index is 1040. The molecule has 0 amide bonds. The van der Waals surface area contributed by atoms with Crippen LogP contribution in [0.5, 0.6) is 0 Å². The second kappa shape index (κ2) is 7.58. The summed E-state index contributed by atoms with van der Waals surface area (Å²) in [5.74, 6) is -1.72. The van der Waals surface area contributed by atoms with Crippen molar-refractivity contribution in [1.29, 1.82) is 0 Å². The molecule has 0 aliphatic heterocycles. The summed E-state index contributed by atoms with van der Waals surface area (Å²) in [5.41, 5.74) is 5.09. The van der Waals surface area contributed by atoms with Gasteiger partial charge in [-0.25, -0.2) is 4.39 Å². The van der Waals surface area contributed by atoms with Crippen LogP contribution >= 0.6 is 0 Å². The first kappa shape index (κ1) is 18.6. The Kier molecular flexibility index (Phi) is 5.22. The molecule has 0 atom stereocenters. The normalized spacial score (nSPS) is 10.8. The smallest absolute Gasteiger partial charge is 0.315 e. The van der Waals surface area contributed by atoms with E-state index < -0.39 is 17.2 Å². The Morgan fingerprint density at radius 3 is 2.81 bits per heavy atom. The van der Waals surface area contributed by atoms with Gasteiger partial charge in [0, 0.05) is 26.3 Å². The van der Waals surface area contributed by atoms with Crippen molar-refractivity contribution in [3.05, 3.63) is 46.4 Å². The van der Waals surface area contributed by atoms with E-state index in [0.29, 0.717) is 18.6 Å². The molecule has 2 heterocycles. The molecule has 1 aromatic carbocycles. The van der Waals surface area contributed by atoms with Crippen molar-refractivity contribution < 1.29 is 13.2 Å². The van der Waals surface area contributed by atoms with E-state index in [0.717, 1.165) is 4.57 Å². The maximum atomic E-state index is 14.7. The van der Waals surface area contributed by atoms with E-state index in [9.17, 15) is 13.6 Å². The Morgan fingerprint density at radius 2 is 2.11 bits per heavy atom. The van der Waals surface area contributed by atoms with E-state index >= 15 is 0 Å². The first-order chi connectivity index (χ1) is 12.9. The van der Waals surface area contributed by atoms with Gasteiger partial charge in [-0.3, -0.25) is 4.79 Å². The van der Waals surface area contributed by atoms with Crippen LogP contribution in [-0.4, -0.2) is 35.7 Å². The third-order valence-corrected chi connectivity index (χ3v) is 3.78. The highest BCUT2D eigenvalue weighted by Gasteiger charge is 2.21. The quantitative estimate of drug-likeness (QED) is 0.525. The summed E-state index contributed by atoms with van der Waals surface area (Å²) < 4.78 is 35.3. The van der Waals surface area contributed by atoms with E-state index in [4.69, 9.17) is 10.2 Å². The van der Waals surface area contributed by atoms with Gasteiger partial charge in [-0.15, -0.1) is 5.10 Å². The average molecular weight is 374 g/mol. The molecule has 0 saturated heterocycles. The van der Waals surface area contributed by atoms with E-state index in [1.807, 2.05) is 0 Å². The molecule has 11 heteroatoms. The molecule has 0 saturated carbocycles. The summed E-state index contributed by atoms with van der Waals surface area (Å²) in [7, 11) is 3.11. The van der Waals surface area contributed by atoms with Crippen molar-refractivity contribution in [2.24, 2.45) is 12.8 Å². The summed E-state index contributed by atoms with van der Waals surface area (Å²) >= 11 is 0. The van der Waals surface area contributed by atoms with Crippen LogP contribution in [0.25, 0.3) is 11.5 Å². The highest BCUT2D eigenvalue weighted by atomic mass is 19.1. The minimum absolute atomic E-state index is 0.00926. The Hall–Kier alpha value is -3.21. The SMILES string of the molecule is Bc1ccc(Nc2c(-c3nnc(NCCN)o3)cn(C)c(=O)c2F)c(F)c1. The van der Waals surface area contributed by atoms with Gasteiger partial charge < -0.3 is 25.4 Å². The molecular formula is C16H17BF2N6O2. The number of pyridine rings is 1. The average Bonchev–Trinajstić information content (AvgIpc) is 3.10. The van der Waals surface area contributed by atoms with Crippen LogP contribution in [-0.2, 0) is 7.05 Å². The lowest BCUT2D eigenvalue weighted by molar-refractivity contribution is 0.572. The van der Waals surface area contributed by atoms with E-state index in [1.165, 1.54) is 25.4 Å². The van der Waals surface area contributed by atoms with Crippen LogP contribution in [0.4, 0.5) is 26.2 Å². The Labute approximate surface area is 153 Å². The summed E-state index contributed by atoms with van der Waals surface area (Å²) in [5, 5.41) is 13.1. The van der Waals surface area contributed by atoms with Crippen LogP contribution in [0.15, 0.2) is 33.6 Å². The van der Waals surface area contributed by atoms with Crippen molar-refractivity contribution in [2.75, 3.05) is 23.7 Å². The fourth-order valence-corrected chi connectivity index (χ4v) is 2.42. The molecule has 0 unspecified atom stereocenters. The number of hydrogen-bond donors (Lipinski definition) is 3. The van der Waals surface area contributed by atoms with Crippen molar-refractivity contribution in [3.63, 3.8) is 0 Å². The highest BCUT2D eigenvalue weighted by molar-refractivity contribution is 6.32. The zero-order chi connectivity index (χ0) is 19.6. The summed E-state index contributed by atoms with van der Waals surface area (Å²) in [4.78, 5) is 12.0. The molecule has 0 spiro atoms. The minimum Gasteiger partial charge on any atom is -0.403 e. The lowest BCUT2D eigenvalue weighted by atomic mass is 9.96. The van der Waals surface area contributed by atoms with E-state index in [1.54, 1.807) is 13.9 Å². The standard InChI is InChI=1S/C16H17BF2N6O2/c1-25-7-9(14-23-24-16(27-14)21-5-4-20)13(12(19)15(25)26)22-11-3-2-8(17)6-10(11)18/h2-3,6-7,22H,4-5,17,20H2,1H3,(H,21,24). The largest absolute Gasteiger partial charge is 0.403 e. The Balaban J connectivity index is 2.08. The van der Waals surface area contributed by atoms with Crippen LogP contribution in [0.3, 0.4) is 0 Å². The monoisotopic (exact) mass is 374 g/mol. The van der Waals surface area contributed by atoms with Crippen molar-refractivity contribution in [1.82, 2.24) is 14.8 Å². The summed E-state index contributed by atoms with van der Waals surface area (Å²) in [6, 6.07) is 4.50. The molecule has 0 radical (unpaired) electrons. The number of nitrogens with two attached hydrogens (primary N) is 1. The maximum absolute atomic E-state index is 14.7. The number of rotatable bonds is 6. The summed E-state index contributed by atoms with van der Waals surface area (Å²) in [6.07, 6.45) is 1.33. The van der Waals surface area contributed by atoms with Gasteiger partial charge >= 0.3 is 6.01 Å². The van der Waals surface area contributed by atoms with Gasteiger partial charge in [-0.2, -0.15) is 4.39 Å². The third kappa shape index (κ3) is 3.82. The Morgan fingerprint density at radius 1 is 1.33 bits per heavy atom. The number of nitrogens with one attached hydrogen (secondary N) is 2. The zero-order valence-electron chi connectivity index (χ0n) is 14.7. The van der Waals surface area contributed by atoms with Gasteiger partial charge in [0.2, 0.25) is 5.82 Å². The molecular weight excluding hydrogens is 357 g/mol. The second-order valence-corrected chi connectivity index (χ2v) is 5.88. The topological polar surface area (TPSA) is 111 Å². The number of anilines is 3. The molecule has 140 valence electrons. The van der Waals surface area contributed by atoms with E-state index in [2.05, 4.69) is 20.8 Å². The van der Waals surface area contributed by atoms with Gasteiger partial charge in [-0.1, -0.05) is 16.6 Å². The first-order valence-electron chi connectivity index (χ1n) is 8.11. The van der Waals surface area contributed by atoms with Crippen LogP contribution in [0.2, 0.25) is 0 Å². The number of benzene rings is 1. The van der Waals surface area contributed by atoms with Gasteiger partial charge in [0.1, 0.15) is 13.7 Å². The fraction of sp³-hybridized carbons (Fsp3) is 0.188. The summed E-state index contributed by atoms with van der Waals surface area (Å²) in [6.45, 7) is 0.759. The van der Waals surface area contributed by atoms with Crippen molar-refractivity contribution in [3.8, 4) is 11.5 Å². The predicted octanol–water partition coefficient (Wildman–Crippen LogP) is 0.0861. The van der Waals surface area contributed by atoms with Gasteiger partial charge in [0.15, 0.2) is 0 Å². The predicted molar refractivity (Wildman–Crippen MR) is 100 cm³/mol. The second-order valence-electron chi connectivity index (χ2n) is 5.88. The van der Waals surface area contributed by atoms with Crippen LogP contribution < -0.4 is 27.4 Å². The molecule has 3 aromatic rings. The highest BCUT2D eigenvalue weighted by Crippen LogP contribution is 2.31. The molecule has 8 nitrogen and oxygen atoms in total.